The molecule has 2 heterocycles. The number of hydrogen-bond acceptors (Lipinski definition) is 3. The highest BCUT2D eigenvalue weighted by Gasteiger charge is 2.23. The Bertz CT molecular complexity index is 339. The van der Waals surface area contributed by atoms with Crippen LogP contribution < -0.4 is 0 Å². The zero-order chi connectivity index (χ0) is 10.7. The van der Waals surface area contributed by atoms with E-state index in [0.717, 1.165) is 31.6 Å². The average Bonchev–Trinajstić information content (AvgIpc) is 2.30. The number of piperidine rings is 1. The number of rotatable bonds is 1. The molecule has 15 heavy (non-hydrogen) atoms. The molecule has 1 amide bonds. The fourth-order valence-electron chi connectivity index (χ4n) is 2.05. The molecule has 2 rings (SSSR count). The lowest BCUT2D eigenvalue weighted by Crippen LogP contribution is -2.37. The predicted octanol–water partition coefficient (Wildman–Crippen LogP) is 1.20. The highest BCUT2D eigenvalue weighted by Crippen LogP contribution is 2.24. The topological polar surface area (TPSA) is 46.1 Å². The Morgan fingerprint density at radius 3 is 3.13 bits per heavy atom. The molecule has 1 saturated heterocycles. The van der Waals surface area contributed by atoms with E-state index in [1.807, 2.05) is 11.0 Å². The van der Waals surface area contributed by atoms with Gasteiger partial charge < -0.3 is 4.90 Å². The third kappa shape index (κ3) is 2.32. The molecule has 1 unspecified atom stereocenters. The maximum absolute atomic E-state index is 11.3. The summed E-state index contributed by atoms with van der Waals surface area (Å²) in [6.45, 7) is 3.31. The molecule has 0 spiro atoms. The highest BCUT2D eigenvalue weighted by molar-refractivity contribution is 5.73. The van der Waals surface area contributed by atoms with Crippen molar-refractivity contribution in [1.82, 2.24) is 14.9 Å². The lowest BCUT2D eigenvalue weighted by Gasteiger charge is -2.31. The van der Waals surface area contributed by atoms with Gasteiger partial charge in [-0.2, -0.15) is 0 Å². The maximum Gasteiger partial charge on any atom is 0.219 e. The van der Waals surface area contributed by atoms with Crippen LogP contribution in [0.1, 0.15) is 31.4 Å². The van der Waals surface area contributed by atoms with Gasteiger partial charge in [-0.05, 0) is 18.9 Å². The van der Waals surface area contributed by atoms with E-state index in [4.69, 9.17) is 0 Å². The van der Waals surface area contributed by atoms with Gasteiger partial charge in [-0.15, -0.1) is 0 Å². The first-order chi connectivity index (χ1) is 7.27. The Morgan fingerprint density at radius 2 is 2.47 bits per heavy atom. The van der Waals surface area contributed by atoms with Gasteiger partial charge in [0.2, 0.25) is 5.91 Å². The molecule has 0 radical (unpaired) electrons. The molecular weight excluding hydrogens is 190 g/mol. The van der Waals surface area contributed by atoms with Crippen LogP contribution in [-0.4, -0.2) is 33.9 Å². The van der Waals surface area contributed by atoms with Crippen molar-refractivity contribution in [2.24, 2.45) is 0 Å². The smallest absolute Gasteiger partial charge is 0.219 e. The van der Waals surface area contributed by atoms with Gasteiger partial charge in [-0.1, -0.05) is 0 Å². The Balaban J connectivity index is 2.08. The van der Waals surface area contributed by atoms with E-state index >= 15 is 0 Å². The van der Waals surface area contributed by atoms with Gasteiger partial charge >= 0.3 is 0 Å². The molecule has 4 nitrogen and oxygen atoms in total. The Labute approximate surface area is 89.3 Å². The van der Waals surface area contributed by atoms with E-state index in [9.17, 15) is 4.79 Å². The standard InChI is InChI=1S/C11H15N3O/c1-9(15)14-6-2-3-10(7-14)11-4-5-12-8-13-11/h4-5,8,10H,2-3,6-7H2,1H3. The fourth-order valence-corrected chi connectivity index (χ4v) is 2.05. The summed E-state index contributed by atoms with van der Waals surface area (Å²) in [6, 6.07) is 1.94. The predicted molar refractivity (Wildman–Crippen MR) is 56.3 cm³/mol. The van der Waals surface area contributed by atoms with Crippen molar-refractivity contribution >= 4 is 5.91 Å². The molecule has 1 aromatic rings. The minimum absolute atomic E-state index is 0.161. The summed E-state index contributed by atoms with van der Waals surface area (Å²) in [5, 5.41) is 0. The van der Waals surface area contributed by atoms with E-state index in [1.54, 1.807) is 19.4 Å². The van der Waals surface area contributed by atoms with E-state index in [1.165, 1.54) is 0 Å². The van der Waals surface area contributed by atoms with Crippen LogP contribution in [-0.2, 0) is 4.79 Å². The number of amides is 1. The Hall–Kier alpha value is -1.45. The molecule has 0 aliphatic carbocycles. The van der Waals surface area contributed by atoms with Gasteiger partial charge in [0.1, 0.15) is 6.33 Å². The number of carbonyl (C=O) groups is 1. The molecule has 0 bridgehead atoms. The van der Waals surface area contributed by atoms with Gasteiger partial charge in [0, 0.05) is 37.8 Å². The SMILES string of the molecule is CC(=O)N1CCCC(c2ccncn2)C1. The summed E-state index contributed by atoms with van der Waals surface area (Å²) < 4.78 is 0. The molecule has 1 fully saturated rings. The second kappa shape index (κ2) is 4.38. The lowest BCUT2D eigenvalue weighted by atomic mass is 9.94. The number of nitrogens with zero attached hydrogens (tertiary/aromatic N) is 3. The summed E-state index contributed by atoms with van der Waals surface area (Å²) in [5.74, 6) is 0.541. The average molecular weight is 205 g/mol. The number of hydrogen-bond donors (Lipinski definition) is 0. The van der Waals surface area contributed by atoms with Gasteiger partial charge in [0.05, 0.1) is 0 Å². The van der Waals surface area contributed by atoms with Crippen LogP contribution in [0.5, 0.6) is 0 Å². The maximum atomic E-state index is 11.3. The largest absolute Gasteiger partial charge is 0.342 e. The zero-order valence-corrected chi connectivity index (χ0v) is 8.89. The second-order valence-electron chi connectivity index (χ2n) is 3.94. The highest BCUT2D eigenvalue weighted by atomic mass is 16.2. The number of carbonyl (C=O) groups excluding carboxylic acids is 1. The summed E-state index contributed by atoms with van der Waals surface area (Å²) in [5.41, 5.74) is 1.05. The van der Waals surface area contributed by atoms with Crippen LogP contribution in [0.25, 0.3) is 0 Å². The van der Waals surface area contributed by atoms with E-state index in [0.29, 0.717) is 5.92 Å². The van der Waals surface area contributed by atoms with Crippen molar-refractivity contribution in [2.75, 3.05) is 13.1 Å². The van der Waals surface area contributed by atoms with Gasteiger partial charge in [0.25, 0.3) is 0 Å². The van der Waals surface area contributed by atoms with Crippen molar-refractivity contribution in [1.29, 1.82) is 0 Å². The first-order valence-electron chi connectivity index (χ1n) is 5.29. The normalized spacial score (nSPS) is 21.4. The third-order valence-corrected chi connectivity index (χ3v) is 2.89. The number of likely N-dealkylation sites (tertiary alicyclic amines) is 1. The first kappa shape index (κ1) is 10.1. The van der Waals surface area contributed by atoms with E-state index in [-0.39, 0.29) is 5.91 Å². The van der Waals surface area contributed by atoms with Crippen LogP contribution in [0.3, 0.4) is 0 Å². The fraction of sp³-hybridized carbons (Fsp3) is 0.545. The van der Waals surface area contributed by atoms with Crippen LogP contribution in [0.15, 0.2) is 18.6 Å². The summed E-state index contributed by atoms with van der Waals surface area (Å²) in [4.78, 5) is 21.3. The van der Waals surface area contributed by atoms with Crippen LogP contribution >= 0.6 is 0 Å². The summed E-state index contributed by atoms with van der Waals surface area (Å²) >= 11 is 0. The van der Waals surface area contributed by atoms with Crippen molar-refractivity contribution in [3.63, 3.8) is 0 Å². The molecule has 80 valence electrons. The molecule has 4 heteroatoms. The Morgan fingerprint density at radius 1 is 1.60 bits per heavy atom. The third-order valence-electron chi connectivity index (χ3n) is 2.89. The van der Waals surface area contributed by atoms with Crippen molar-refractivity contribution in [3.05, 3.63) is 24.3 Å². The van der Waals surface area contributed by atoms with Crippen molar-refractivity contribution in [2.45, 2.75) is 25.7 Å². The monoisotopic (exact) mass is 205 g/mol. The van der Waals surface area contributed by atoms with E-state index in [2.05, 4.69) is 9.97 Å². The van der Waals surface area contributed by atoms with Crippen LogP contribution in [0.2, 0.25) is 0 Å². The van der Waals surface area contributed by atoms with Crippen molar-refractivity contribution < 1.29 is 4.79 Å². The van der Waals surface area contributed by atoms with Crippen LogP contribution in [0, 0.1) is 0 Å². The molecule has 0 saturated carbocycles. The minimum atomic E-state index is 0.161. The van der Waals surface area contributed by atoms with Gasteiger partial charge in [0.15, 0.2) is 0 Å². The lowest BCUT2D eigenvalue weighted by molar-refractivity contribution is -0.130. The number of aromatic nitrogens is 2. The molecular formula is C11H15N3O. The quantitative estimate of drug-likeness (QED) is 0.692. The molecule has 1 aliphatic rings. The van der Waals surface area contributed by atoms with Gasteiger partial charge in [-0.25, -0.2) is 9.97 Å². The van der Waals surface area contributed by atoms with Crippen LogP contribution in [0.4, 0.5) is 0 Å². The minimum Gasteiger partial charge on any atom is -0.342 e. The van der Waals surface area contributed by atoms with Gasteiger partial charge in [-0.3, -0.25) is 4.79 Å². The van der Waals surface area contributed by atoms with E-state index < -0.39 is 0 Å². The molecule has 0 N–H and O–H groups in total. The Kier molecular flexibility index (Phi) is 2.94. The zero-order valence-electron chi connectivity index (χ0n) is 8.89. The summed E-state index contributed by atoms with van der Waals surface area (Å²) in [6.07, 6.45) is 5.51. The first-order valence-corrected chi connectivity index (χ1v) is 5.29. The van der Waals surface area contributed by atoms with Crippen molar-refractivity contribution in [3.8, 4) is 0 Å². The molecule has 1 atom stereocenters. The molecule has 1 aromatic heterocycles. The molecule has 1 aliphatic heterocycles. The second-order valence-corrected chi connectivity index (χ2v) is 3.94. The molecule has 0 aromatic carbocycles. The summed E-state index contributed by atoms with van der Waals surface area (Å²) in [7, 11) is 0.